The van der Waals surface area contributed by atoms with Gasteiger partial charge in [-0.15, -0.1) is 0 Å². The van der Waals surface area contributed by atoms with E-state index >= 15 is 0 Å². The van der Waals surface area contributed by atoms with Gasteiger partial charge in [-0.3, -0.25) is 0 Å². The lowest BCUT2D eigenvalue weighted by Gasteiger charge is -2.14. The first-order valence-corrected chi connectivity index (χ1v) is 5.40. The fourth-order valence-electron chi connectivity index (χ4n) is 1.29. The lowest BCUT2D eigenvalue weighted by Crippen LogP contribution is -2.03. The summed E-state index contributed by atoms with van der Waals surface area (Å²) in [5, 5.41) is 0. The highest BCUT2D eigenvalue weighted by Gasteiger charge is 2.08. The van der Waals surface area contributed by atoms with Crippen LogP contribution in [-0.2, 0) is 9.47 Å². The average Bonchev–Trinajstić information content (AvgIpc) is 2.20. The van der Waals surface area contributed by atoms with Crippen molar-refractivity contribution < 1.29 is 9.47 Å². The van der Waals surface area contributed by atoms with E-state index in [1.165, 1.54) is 5.56 Å². The Hall–Kier alpha value is -0.380. The summed E-state index contributed by atoms with van der Waals surface area (Å²) in [6, 6.07) is 8.18. The number of benzene rings is 1. The number of halogens is 1. The molecule has 0 radical (unpaired) electrons. The standard InChI is InChI=1S/C11H15BrO2/c1-8(12)9-4-6-10(7-5-9)11(13-2)14-3/h4-8,11H,1-3H3. The zero-order chi connectivity index (χ0) is 10.6. The molecular formula is C11H15BrO2. The van der Waals surface area contributed by atoms with Gasteiger partial charge < -0.3 is 9.47 Å². The minimum absolute atomic E-state index is 0.269. The molecule has 1 atom stereocenters. The van der Waals surface area contributed by atoms with E-state index < -0.39 is 0 Å². The zero-order valence-electron chi connectivity index (χ0n) is 8.66. The van der Waals surface area contributed by atoms with Gasteiger partial charge in [0, 0.05) is 24.6 Å². The Bertz CT molecular complexity index is 265. The van der Waals surface area contributed by atoms with Crippen LogP contribution in [0.1, 0.15) is 29.2 Å². The molecule has 0 N–H and O–H groups in total. The molecule has 0 spiro atoms. The van der Waals surface area contributed by atoms with Gasteiger partial charge in [-0.05, 0) is 12.5 Å². The highest BCUT2D eigenvalue weighted by molar-refractivity contribution is 9.09. The summed E-state index contributed by atoms with van der Waals surface area (Å²) in [5.74, 6) is 0. The molecule has 0 fully saturated rings. The Kier molecular flexibility index (Phi) is 4.58. The largest absolute Gasteiger partial charge is 0.352 e. The summed E-state index contributed by atoms with van der Waals surface area (Å²) in [4.78, 5) is 0.375. The van der Waals surface area contributed by atoms with Crippen LogP contribution in [0.15, 0.2) is 24.3 Å². The number of methoxy groups -OCH3 is 2. The van der Waals surface area contributed by atoms with E-state index in [-0.39, 0.29) is 6.29 Å². The maximum atomic E-state index is 5.15. The van der Waals surface area contributed by atoms with E-state index in [0.717, 1.165) is 5.56 Å². The first-order chi connectivity index (χ1) is 6.69. The molecule has 1 aromatic rings. The first kappa shape index (κ1) is 11.7. The van der Waals surface area contributed by atoms with Gasteiger partial charge in [-0.25, -0.2) is 0 Å². The van der Waals surface area contributed by atoms with Gasteiger partial charge in [-0.1, -0.05) is 40.2 Å². The molecule has 0 aliphatic carbocycles. The fraction of sp³-hybridized carbons (Fsp3) is 0.455. The van der Waals surface area contributed by atoms with E-state index in [2.05, 4.69) is 35.0 Å². The van der Waals surface area contributed by atoms with Crippen molar-refractivity contribution >= 4 is 15.9 Å². The van der Waals surface area contributed by atoms with Gasteiger partial charge in [0.05, 0.1) is 0 Å². The van der Waals surface area contributed by atoms with Crippen LogP contribution in [0, 0.1) is 0 Å². The zero-order valence-corrected chi connectivity index (χ0v) is 10.2. The molecule has 1 unspecified atom stereocenters. The second kappa shape index (κ2) is 5.49. The predicted molar refractivity (Wildman–Crippen MR) is 60.5 cm³/mol. The van der Waals surface area contributed by atoms with Crippen molar-refractivity contribution in [2.75, 3.05) is 14.2 Å². The third kappa shape index (κ3) is 2.80. The minimum Gasteiger partial charge on any atom is -0.352 e. The predicted octanol–water partition coefficient (Wildman–Crippen LogP) is 3.43. The maximum absolute atomic E-state index is 5.15. The molecule has 0 saturated carbocycles. The monoisotopic (exact) mass is 258 g/mol. The van der Waals surface area contributed by atoms with Crippen molar-refractivity contribution in [1.29, 1.82) is 0 Å². The van der Waals surface area contributed by atoms with Gasteiger partial charge in [0.15, 0.2) is 6.29 Å². The molecule has 78 valence electrons. The van der Waals surface area contributed by atoms with Crippen molar-refractivity contribution in [2.24, 2.45) is 0 Å². The second-order valence-electron chi connectivity index (χ2n) is 3.09. The topological polar surface area (TPSA) is 18.5 Å². The Balaban J connectivity index is 2.81. The number of ether oxygens (including phenoxy) is 2. The summed E-state index contributed by atoms with van der Waals surface area (Å²) in [6.45, 7) is 2.10. The summed E-state index contributed by atoms with van der Waals surface area (Å²) in [7, 11) is 3.27. The molecule has 3 heteroatoms. The highest BCUT2D eigenvalue weighted by atomic mass is 79.9. The third-order valence-electron chi connectivity index (χ3n) is 2.10. The van der Waals surface area contributed by atoms with Crippen molar-refractivity contribution in [3.63, 3.8) is 0 Å². The van der Waals surface area contributed by atoms with Gasteiger partial charge in [0.2, 0.25) is 0 Å². The van der Waals surface area contributed by atoms with Gasteiger partial charge in [-0.2, -0.15) is 0 Å². The van der Waals surface area contributed by atoms with Crippen LogP contribution >= 0.6 is 15.9 Å². The van der Waals surface area contributed by atoms with Crippen molar-refractivity contribution in [3.05, 3.63) is 35.4 Å². The molecule has 0 aliphatic rings. The molecule has 1 rings (SSSR count). The normalized spacial score (nSPS) is 13.2. The lowest BCUT2D eigenvalue weighted by atomic mass is 10.1. The second-order valence-corrected chi connectivity index (χ2v) is 4.46. The smallest absolute Gasteiger partial charge is 0.183 e. The Morgan fingerprint density at radius 2 is 1.43 bits per heavy atom. The molecule has 0 heterocycles. The molecule has 0 aliphatic heterocycles. The van der Waals surface area contributed by atoms with Crippen LogP contribution in [0.3, 0.4) is 0 Å². The van der Waals surface area contributed by atoms with Crippen LogP contribution in [0.4, 0.5) is 0 Å². The summed E-state index contributed by atoms with van der Waals surface area (Å²) < 4.78 is 10.3. The molecule has 0 aromatic heterocycles. The van der Waals surface area contributed by atoms with Crippen molar-refractivity contribution in [2.45, 2.75) is 18.0 Å². The van der Waals surface area contributed by atoms with Gasteiger partial charge >= 0.3 is 0 Å². The Morgan fingerprint density at radius 1 is 1.00 bits per heavy atom. The van der Waals surface area contributed by atoms with E-state index in [4.69, 9.17) is 9.47 Å². The summed E-state index contributed by atoms with van der Waals surface area (Å²) in [5.41, 5.74) is 2.28. The lowest BCUT2D eigenvalue weighted by molar-refractivity contribution is -0.106. The molecule has 0 saturated heterocycles. The number of rotatable bonds is 4. The third-order valence-corrected chi connectivity index (χ3v) is 2.62. The van der Waals surface area contributed by atoms with Crippen molar-refractivity contribution in [3.8, 4) is 0 Å². The molecule has 2 nitrogen and oxygen atoms in total. The van der Waals surface area contributed by atoms with Crippen LogP contribution in [-0.4, -0.2) is 14.2 Å². The van der Waals surface area contributed by atoms with Crippen LogP contribution in [0.5, 0.6) is 0 Å². The fourth-order valence-corrected chi connectivity index (χ4v) is 1.59. The summed E-state index contributed by atoms with van der Waals surface area (Å²) in [6.07, 6.45) is -0.269. The minimum atomic E-state index is -0.269. The summed E-state index contributed by atoms with van der Waals surface area (Å²) >= 11 is 3.52. The number of hydrogen-bond acceptors (Lipinski definition) is 2. The number of hydrogen-bond donors (Lipinski definition) is 0. The molecular weight excluding hydrogens is 244 g/mol. The van der Waals surface area contributed by atoms with E-state index in [0.29, 0.717) is 4.83 Å². The first-order valence-electron chi connectivity index (χ1n) is 4.48. The maximum Gasteiger partial charge on any atom is 0.183 e. The molecule has 0 bridgehead atoms. The Labute approximate surface area is 93.4 Å². The van der Waals surface area contributed by atoms with Crippen LogP contribution in [0.25, 0.3) is 0 Å². The van der Waals surface area contributed by atoms with E-state index in [1.807, 2.05) is 12.1 Å². The van der Waals surface area contributed by atoms with Gasteiger partial charge in [0.25, 0.3) is 0 Å². The SMILES string of the molecule is COC(OC)c1ccc(C(C)Br)cc1. The van der Waals surface area contributed by atoms with Gasteiger partial charge in [0.1, 0.15) is 0 Å². The van der Waals surface area contributed by atoms with Crippen LogP contribution < -0.4 is 0 Å². The molecule has 14 heavy (non-hydrogen) atoms. The Morgan fingerprint density at radius 3 is 1.79 bits per heavy atom. The molecule has 0 amide bonds. The highest BCUT2D eigenvalue weighted by Crippen LogP contribution is 2.24. The van der Waals surface area contributed by atoms with Crippen LogP contribution in [0.2, 0.25) is 0 Å². The average molecular weight is 259 g/mol. The van der Waals surface area contributed by atoms with Crippen molar-refractivity contribution in [1.82, 2.24) is 0 Å². The van der Waals surface area contributed by atoms with E-state index in [1.54, 1.807) is 14.2 Å². The molecule has 1 aromatic carbocycles. The quantitative estimate of drug-likeness (QED) is 0.609. The van der Waals surface area contributed by atoms with E-state index in [9.17, 15) is 0 Å². The number of alkyl halides is 1.